The van der Waals surface area contributed by atoms with Crippen molar-refractivity contribution in [2.75, 3.05) is 38.3 Å². The lowest BCUT2D eigenvalue weighted by atomic mass is 9.94. The van der Waals surface area contributed by atoms with E-state index in [0.29, 0.717) is 0 Å². The Morgan fingerprint density at radius 2 is 1.56 bits per heavy atom. The Kier molecular flexibility index (Phi) is 6.85. The molecule has 0 radical (unpaired) electrons. The minimum Gasteiger partial charge on any atom is -0.497 e. The molecule has 5 rings (SSSR count). The zero-order valence-corrected chi connectivity index (χ0v) is 22.5. The normalized spacial score (nSPS) is 14.2. The van der Waals surface area contributed by atoms with Crippen molar-refractivity contribution in [2.24, 2.45) is 0 Å². The number of aryl methyl sites for hydroxylation is 2. The van der Waals surface area contributed by atoms with E-state index in [1.54, 1.807) is 7.11 Å². The van der Waals surface area contributed by atoms with E-state index in [1.807, 2.05) is 0 Å². The van der Waals surface area contributed by atoms with Gasteiger partial charge in [-0.1, -0.05) is 19.9 Å². The molecule has 2 aromatic carbocycles. The van der Waals surface area contributed by atoms with Crippen LogP contribution in [0.3, 0.4) is 0 Å². The van der Waals surface area contributed by atoms with E-state index in [9.17, 15) is 0 Å². The lowest BCUT2D eigenvalue weighted by Crippen LogP contribution is -2.36. The Morgan fingerprint density at radius 3 is 2.22 bits per heavy atom. The van der Waals surface area contributed by atoms with Gasteiger partial charge >= 0.3 is 0 Å². The van der Waals surface area contributed by atoms with E-state index in [-0.39, 0.29) is 0 Å². The Hall–Kier alpha value is -3.18. The van der Waals surface area contributed by atoms with Crippen LogP contribution < -0.4 is 9.64 Å². The Labute approximate surface area is 214 Å². The predicted octanol–water partition coefficient (Wildman–Crippen LogP) is 6.94. The molecule has 5 heteroatoms. The summed E-state index contributed by atoms with van der Waals surface area (Å²) < 4.78 is 16.1. The molecule has 0 amide bonds. The number of rotatable bonds is 8. The molecule has 36 heavy (non-hydrogen) atoms. The summed E-state index contributed by atoms with van der Waals surface area (Å²) in [6.07, 6.45) is 2.33. The van der Waals surface area contributed by atoms with Crippen LogP contribution in [0.2, 0.25) is 0 Å². The standard InChI is InChI=1S/C31H39N3O2/c1-7-9-14-34-23(5)31(26-19-24(10-12-29(26)34)32-15-17-36-18-16-32)21(3)30-22(4)33(8-2)28-13-11-25(35-6)20-27(28)30/h10-13,19-20H,3,7-9,14-18H2,1-2,4-6H3. The number of anilines is 1. The molecule has 190 valence electrons. The SMILES string of the molecule is C=C(c1c(C)n(CC)c2ccc(OC)cc12)c1c(C)n(CCCC)c2ccc(N3CCOCC3)cc12. The zero-order chi connectivity index (χ0) is 25.4. The van der Waals surface area contributed by atoms with Crippen LogP contribution in [0.25, 0.3) is 27.4 Å². The number of nitrogens with zero attached hydrogens (tertiary/aromatic N) is 3. The summed E-state index contributed by atoms with van der Waals surface area (Å²) in [7, 11) is 1.73. The molecule has 0 atom stereocenters. The summed E-state index contributed by atoms with van der Waals surface area (Å²) in [6, 6.07) is 13.4. The molecule has 0 unspecified atom stereocenters. The fourth-order valence-electron chi connectivity index (χ4n) is 5.98. The van der Waals surface area contributed by atoms with E-state index in [2.05, 4.69) is 78.1 Å². The third-order valence-corrected chi connectivity index (χ3v) is 7.87. The molecule has 1 aliphatic rings. The van der Waals surface area contributed by atoms with Crippen molar-refractivity contribution >= 4 is 33.1 Å². The van der Waals surface area contributed by atoms with E-state index < -0.39 is 0 Å². The summed E-state index contributed by atoms with van der Waals surface area (Å²) >= 11 is 0. The van der Waals surface area contributed by atoms with Crippen LogP contribution in [0.1, 0.15) is 49.2 Å². The second kappa shape index (κ2) is 10.1. The molecule has 3 heterocycles. The maximum absolute atomic E-state index is 5.61. The van der Waals surface area contributed by atoms with Crippen molar-refractivity contribution in [2.45, 2.75) is 53.6 Å². The van der Waals surface area contributed by atoms with Gasteiger partial charge in [0.25, 0.3) is 0 Å². The molecule has 0 bridgehead atoms. The topological polar surface area (TPSA) is 31.6 Å². The highest BCUT2D eigenvalue weighted by Crippen LogP contribution is 2.41. The van der Waals surface area contributed by atoms with Crippen LogP contribution in [0.15, 0.2) is 43.0 Å². The average Bonchev–Trinajstić information content (AvgIpc) is 3.35. The Bertz CT molecular complexity index is 1420. The van der Waals surface area contributed by atoms with Gasteiger partial charge in [-0.2, -0.15) is 0 Å². The van der Waals surface area contributed by atoms with Gasteiger partial charge in [0.2, 0.25) is 0 Å². The maximum atomic E-state index is 5.61. The molecule has 5 nitrogen and oxygen atoms in total. The van der Waals surface area contributed by atoms with Gasteiger partial charge in [-0.25, -0.2) is 0 Å². The minimum absolute atomic E-state index is 0.783. The fraction of sp³-hybridized carbons (Fsp3) is 0.419. The van der Waals surface area contributed by atoms with Gasteiger partial charge in [0.05, 0.1) is 20.3 Å². The quantitative estimate of drug-likeness (QED) is 0.271. The van der Waals surface area contributed by atoms with Gasteiger partial charge < -0.3 is 23.5 Å². The first kappa shape index (κ1) is 24.5. The number of ether oxygens (including phenoxy) is 2. The van der Waals surface area contributed by atoms with Crippen molar-refractivity contribution in [3.63, 3.8) is 0 Å². The number of benzene rings is 2. The van der Waals surface area contributed by atoms with Crippen LogP contribution >= 0.6 is 0 Å². The highest BCUT2D eigenvalue weighted by atomic mass is 16.5. The van der Waals surface area contributed by atoms with Gasteiger partial charge in [-0.05, 0) is 69.2 Å². The van der Waals surface area contributed by atoms with Crippen molar-refractivity contribution in [1.82, 2.24) is 9.13 Å². The fourth-order valence-corrected chi connectivity index (χ4v) is 5.98. The van der Waals surface area contributed by atoms with Crippen molar-refractivity contribution in [3.8, 4) is 5.75 Å². The van der Waals surface area contributed by atoms with Crippen molar-refractivity contribution < 1.29 is 9.47 Å². The third-order valence-electron chi connectivity index (χ3n) is 7.87. The molecule has 1 aliphatic heterocycles. The first-order valence-electron chi connectivity index (χ1n) is 13.3. The lowest BCUT2D eigenvalue weighted by molar-refractivity contribution is 0.122. The summed E-state index contributed by atoms with van der Waals surface area (Å²) in [6.45, 7) is 19.1. The number of aromatic nitrogens is 2. The van der Waals surface area contributed by atoms with Gasteiger partial charge in [-0.3, -0.25) is 0 Å². The molecule has 4 aromatic rings. The van der Waals surface area contributed by atoms with Crippen LogP contribution in [0.5, 0.6) is 5.75 Å². The van der Waals surface area contributed by atoms with Gasteiger partial charge in [0, 0.05) is 76.2 Å². The molecule has 1 fully saturated rings. The minimum atomic E-state index is 0.783. The highest BCUT2D eigenvalue weighted by molar-refractivity contribution is 6.06. The van der Waals surface area contributed by atoms with E-state index in [0.717, 1.165) is 57.1 Å². The molecule has 0 spiro atoms. The number of unbranched alkanes of at least 4 members (excludes halogenated alkanes) is 1. The van der Waals surface area contributed by atoms with Gasteiger partial charge in [-0.15, -0.1) is 0 Å². The number of hydrogen-bond acceptors (Lipinski definition) is 3. The van der Waals surface area contributed by atoms with Crippen LogP contribution in [-0.4, -0.2) is 42.5 Å². The smallest absolute Gasteiger partial charge is 0.119 e. The number of fused-ring (bicyclic) bond motifs is 2. The first-order chi connectivity index (χ1) is 17.5. The van der Waals surface area contributed by atoms with Crippen molar-refractivity contribution in [1.29, 1.82) is 0 Å². The molecule has 2 aromatic heterocycles. The monoisotopic (exact) mass is 485 g/mol. The molecule has 0 N–H and O–H groups in total. The predicted molar refractivity (Wildman–Crippen MR) is 152 cm³/mol. The molecule has 1 saturated heterocycles. The summed E-state index contributed by atoms with van der Waals surface area (Å²) in [5.41, 5.74) is 9.91. The second-order valence-electron chi connectivity index (χ2n) is 9.83. The number of hydrogen-bond donors (Lipinski definition) is 0. The number of methoxy groups -OCH3 is 1. The molecular formula is C31H39N3O2. The Morgan fingerprint density at radius 1 is 0.917 bits per heavy atom. The lowest BCUT2D eigenvalue weighted by Gasteiger charge is -2.29. The second-order valence-corrected chi connectivity index (χ2v) is 9.83. The molecule has 0 saturated carbocycles. The van der Waals surface area contributed by atoms with E-state index >= 15 is 0 Å². The average molecular weight is 486 g/mol. The largest absolute Gasteiger partial charge is 0.497 e. The third kappa shape index (κ3) is 4.00. The molecular weight excluding hydrogens is 446 g/mol. The van der Waals surface area contributed by atoms with Crippen molar-refractivity contribution in [3.05, 3.63) is 65.5 Å². The summed E-state index contributed by atoms with van der Waals surface area (Å²) in [5.74, 6) is 0.876. The molecule has 0 aliphatic carbocycles. The summed E-state index contributed by atoms with van der Waals surface area (Å²) in [5, 5.41) is 2.49. The van der Waals surface area contributed by atoms with Crippen LogP contribution in [0, 0.1) is 13.8 Å². The first-order valence-corrected chi connectivity index (χ1v) is 13.3. The van der Waals surface area contributed by atoms with Gasteiger partial charge in [0.1, 0.15) is 5.75 Å². The highest BCUT2D eigenvalue weighted by Gasteiger charge is 2.24. The van der Waals surface area contributed by atoms with E-state index in [1.165, 1.54) is 56.4 Å². The maximum Gasteiger partial charge on any atom is 0.119 e. The van der Waals surface area contributed by atoms with E-state index in [4.69, 9.17) is 16.1 Å². The van der Waals surface area contributed by atoms with Crippen LogP contribution in [0.4, 0.5) is 5.69 Å². The Balaban J connectivity index is 1.73. The number of morpholine rings is 1. The van der Waals surface area contributed by atoms with Crippen LogP contribution in [-0.2, 0) is 17.8 Å². The van der Waals surface area contributed by atoms with Gasteiger partial charge in [0.15, 0.2) is 0 Å². The summed E-state index contributed by atoms with van der Waals surface area (Å²) in [4.78, 5) is 2.44. The zero-order valence-electron chi connectivity index (χ0n) is 22.5.